The Kier molecular flexibility index (Phi) is 5.78. The first kappa shape index (κ1) is 22.2. The number of ether oxygens (including phenoxy) is 1. The van der Waals surface area contributed by atoms with Crippen LogP contribution in [0.2, 0.25) is 0 Å². The smallest absolute Gasteiger partial charge is 0.329 e. The fraction of sp³-hybridized carbons (Fsp3) is 0.444. The average molecular weight is 474 g/mol. The Labute approximate surface area is 203 Å². The predicted molar refractivity (Wildman–Crippen MR) is 136 cm³/mol. The number of benzene rings is 1. The fourth-order valence-electron chi connectivity index (χ4n) is 5.42. The third kappa shape index (κ3) is 4.10. The molecule has 4 aromatic rings. The number of rotatable bonds is 7. The minimum absolute atomic E-state index is 0.0130. The average Bonchev–Trinajstić information content (AvgIpc) is 3.47. The van der Waals surface area contributed by atoms with Gasteiger partial charge >= 0.3 is 5.69 Å². The Hall–Kier alpha value is -3.23. The quantitative estimate of drug-likeness (QED) is 0.414. The zero-order valence-corrected chi connectivity index (χ0v) is 20.1. The van der Waals surface area contributed by atoms with Gasteiger partial charge in [0.1, 0.15) is 0 Å². The number of aromatic nitrogens is 4. The lowest BCUT2D eigenvalue weighted by Crippen LogP contribution is -2.36. The molecule has 0 spiro atoms. The van der Waals surface area contributed by atoms with Gasteiger partial charge < -0.3 is 14.7 Å². The van der Waals surface area contributed by atoms with Crippen LogP contribution in [-0.4, -0.2) is 61.5 Å². The zero-order valence-electron chi connectivity index (χ0n) is 20.1. The van der Waals surface area contributed by atoms with E-state index in [-0.39, 0.29) is 17.8 Å². The van der Waals surface area contributed by atoms with Crippen molar-refractivity contribution in [2.24, 2.45) is 7.05 Å². The Bertz CT molecular complexity index is 1410. The molecule has 1 aliphatic heterocycles. The van der Waals surface area contributed by atoms with Crippen LogP contribution >= 0.6 is 0 Å². The molecule has 0 amide bonds. The minimum Gasteiger partial charge on any atom is -0.478 e. The van der Waals surface area contributed by atoms with Crippen LogP contribution in [0.15, 0.2) is 47.5 Å². The van der Waals surface area contributed by atoms with E-state index in [0.29, 0.717) is 25.3 Å². The lowest BCUT2D eigenvalue weighted by molar-refractivity contribution is 0.0487. The molecule has 2 aliphatic rings. The summed E-state index contributed by atoms with van der Waals surface area (Å²) in [6, 6.07) is 10.1. The summed E-state index contributed by atoms with van der Waals surface area (Å²) in [7, 11) is 1.78. The molecule has 6 rings (SSSR count). The first-order chi connectivity index (χ1) is 17.1. The van der Waals surface area contributed by atoms with Crippen LogP contribution in [0.4, 0.5) is 0 Å². The lowest BCUT2D eigenvalue weighted by atomic mass is 9.89. The van der Waals surface area contributed by atoms with E-state index in [1.807, 2.05) is 35.0 Å². The summed E-state index contributed by atoms with van der Waals surface area (Å²) < 4.78 is 9.35. The molecule has 8 heteroatoms. The summed E-state index contributed by atoms with van der Waals surface area (Å²) in [6.45, 7) is 4.18. The highest BCUT2D eigenvalue weighted by Crippen LogP contribution is 2.36. The molecule has 1 N–H and O–H groups in total. The van der Waals surface area contributed by atoms with Gasteiger partial charge in [-0.25, -0.2) is 9.78 Å². The van der Waals surface area contributed by atoms with Crippen molar-refractivity contribution in [3.8, 4) is 17.0 Å². The highest BCUT2D eigenvalue weighted by atomic mass is 16.5. The molecule has 1 aliphatic carbocycles. The van der Waals surface area contributed by atoms with Gasteiger partial charge in [-0.05, 0) is 69.0 Å². The number of aliphatic hydroxyl groups excluding tert-OH is 1. The van der Waals surface area contributed by atoms with Gasteiger partial charge in [-0.2, -0.15) is 0 Å². The van der Waals surface area contributed by atoms with E-state index >= 15 is 0 Å². The molecule has 2 fully saturated rings. The number of fused-ring (bicyclic) bond motifs is 3. The van der Waals surface area contributed by atoms with E-state index in [1.165, 1.54) is 25.9 Å². The molecule has 0 bridgehead atoms. The predicted octanol–water partition coefficient (Wildman–Crippen LogP) is 3.51. The van der Waals surface area contributed by atoms with Crippen LogP contribution in [0.25, 0.3) is 33.1 Å². The Morgan fingerprint density at radius 1 is 1.06 bits per heavy atom. The number of imidazole rings is 1. The maximum atomic E-state index is 13.0. The van der Waals surface area contributed by atoms with Gasteiger partial charge in [-0.3, -0.25) is 14.1 Å². The second-order valence-corrected chi connectivity index (χ2v) is 9.85. The van der Waals surface area contributed by atoms with Crippen molar-refractivity contribution in [2.45, 2.75) is 44.2 Å². The Balaban J connectivity index is 1.26. The van der Waals surface area contributed by atoms with Crippen LogP contribution in [0.1, 0.15) is 38.1 Å². The lowest BCUT2D eigenvalue weighted by Gasteiger charge is -2.32. The maximum absolute atomic E-state index is 13.0. The van der Waals surface area contributed by atoms with Crippen molar-refractivity contribution >= 4 is 21.9 Å². The molecule has 4 heterocycles. The summed E-state index contributed by atoms with van der Waals surface area (Å²) in [5, 5.41) is 10.8. The first-order valence-electron chi connectivity index (χ1n) is 12.6. The summed E-state index contributed by atoms with van der Waals surface area (Å²) in [5.74, 6) is 0.639. The van der Waals surface area contributed by atoms with Gasteiger partial charge in [0.05, 0.1) is 35.5 Å². The molecule has 0 radical (unpaired) electrons. The van der Waals surface area contributed by atoms with Crippen molar-refractivity contribution in [3.63, 3.8) is 0 Å². The monoisotopic (exact) mass is 473 g/mol. The molecule has 0 atom stereocenters. The summed E-state index contributed by atoms with van der Waals surface area (Å²) in [5.41, 5.74) is 4.45. The van der Waals surface area contributed by atoms with E-state index in [1.54, 1.807) is 17.8 Å². The van der Waals surface area contributed by atoms with Crippen LogP contribution in [-0.2, 0) is 7.05 Å². The van der Waals surface area contributed by atoms with Crippen molar-refractivity contribution in [2.75, 3.05) is 26.2 Å². The van der Waals surface area contributed by atoms with Gasteiger partial charge in [-0.1, -0.05) is 6.07 Å². The van der Waals surface area contributed by atoms with Gasteiger partial charge in [-0.15, -0.1) is 0 Å². The fourth-order valence-corrected chi connectivity index (χ4v) is 5.42. The number of pyridine rings is 2. The number of aliphatic hydroxyl groups is 1. The van der Waals surface area contributed by atoms with Crippen LogP contribution < -0.4 is 10.4 Å². The van der Waals surface area contributed by atoms with Gasteiger partial charge in [0.25, 0.3) is 0 Å². The number of nitrogens with zero attached hydrogens (tertiary/aromatic N) is 5. The van der Waals surface area contributed by atoms with Gasteiger partial charge in [0.15, 0.2) is 0 Å². The molecule has 35 heavy (non-hydrogen) atoms. The first-order valence-corrected chi connectivity index (χ1v) is 12.6. The highest BCUT2D eigenvalue weighted by Gasteiger charge is 2.32. The Morgan fingerprint density at radius 2 is 1.86 bits per heavy atom. The number of aryl methyl sites for hydroxylation is 1. The van der Waals surface area contributed by atoms with Crippen LogP contribution in [0.5, 0.6) is 5.88 Å². The van der Waals surface area contributed by atoms with E-state index in [9.17, 15) is 9.90 Å². The maximum Gasteiger partial charge on any atom is 0.329 e. The molecule has 8 nitrogen and oxygen atoms in total. The third-order valence-corrected chi connectivity index (χ3v) is 7.51. The second-order valence-electron chi connectivity index (χ2n) is 9.85. The van der Waals surface area contributed by atoms with Crippen molar-refractivity contribution in [1.29, 1.82) is 0 Å². The molecular weight excluding hydrogens is 442 g/mol. The Morgan fingerprint density at radius 3 is 2.60 bits per heavy atom. The van der Waals surface area contributed by atoms with Crippen LogP contribution in [0.3, 0.4) is 0 Å². The third-order valence-electron chi connectivity index (χ3n) is 7.51. The zero-order chi connectivity index (χ0) is 23.9. The van der Waals surface area contributed by atoms with Gasteiger partial charge in [0, 0.05) is 42.8 Å². The molecule has 1 aromatic carbocycles. The number of hydrogen-bond donors (Lipinski definition) is 1. The summed E-state index contributed by atoms with van der Waals surface area (Å²) >= 11 is 0. The van der Waals surface area contributed by atoms with Crippen LogP contribution in [0, 0.1) is 0 Å². The van der Waals surface area contributed by atoms with E-state index < -0.39 is 0 Å². The SMILES string of the molecule is Cn1c(=O)n(C2CC(O)C2)c2c3cc(-c4ccc(OCCCN5CCCC5)nc4)ccc3ncc21. The number of likely N-dealkylation sites (tertiary alicyclic amines) is 1. The largest absolute Gasteiger partial charge is 0.478 e. The van der Waals surface area contributed by atoms with Crippen molar-refractivity contribution in [3.05, 3.63) is 53.2 Å². The van der Waals surface area contributed by atoms with Crippen molar-refractivity contribution < 1.29 is 9.84 Å². The molecular formula is C27H31N5O3. The molecule has 0 unspecified atom stereocenters. The standard InChI is InChI=1S/C27H31N5O3/c1-30-24-17-28-23-7-5-18(13-22(23)26(24)32(27(30)34)20-14-21(33)15-20)19-6-8-25(29-16-19)35-12-4-11-31-9-2-3-10-31/h5-8,13,16-17,20-21,33H,2-4,9-12,14-15H2,1H3. The normalized spacial score (nSPS) is 20.5. The van der Waals surface area contributed by atoms with E-state index in [4.69, 9.17) is 4.74 Å². The van der Waals surface area contributed by atoms with E-state index in [2.05, 4.69) is 20.9 Å². The summed E-state index contributed by atoms with van der Waals surface area (Å²) in [6.07, 6.45) is 8.11. The molecule has 182 valence electrons. The number of hydrogen-bond acceptors (Lipinski definition) is 6. The van der Waals surface area contributed by atoms with Crippen molar-refractivity contribution in [1.82, 2.24) is 24.0 Å². The summed E-state index contributed by atoms with van der Waals surface area (Å²) in [4.78, 5) is 24.7. The highest BCUT2D eigenvalue weighted by molar-refractivity contribution is 6.04. The molecule has 3 aromatic heterocycles. The molecule has 1 saturated heterocycles. The molecule has 1 saturated carbocycles. The van der Waals surface area contributed by atoms with E-state index in [0.717, 1.165) is 46.0 Å². The second kappa shape index (κ2) is 9.09. The minimum atomic E-state index is -0.335. The van der Waals surface area contributed by atoms with Gasteiger partial charge in [0.2, 0.25) is 5.88 Å². The topological polar surface area (TPSA) is 85.4 Å².